The monoisotopic (exact) mass is 314 g/mol. The summed E-state index contributed by atoms with van der Waals surface area (Å²) in [6.45, 7) is 1.94. The molecule has 1 heterocycles. The van der Waals surface area contributed by atoms with E-state index >= 15 is 0 Å². The number of urea groups is 1. The zero-order chi connectivity index (χ0) is 16.2. The van der Waals surface area contributed by atoms with Crippen LogP contribution >= 0.6 is 0 Å². The van der Waals surface area contributed by atoms with Gasteiger partial charge in [0.05, 0.1) is 23.2 Å². The molecule has 0 saturated heterocycles. The molecule has 2 atom stereocenters. The van der Waals surface area contributed by atoms with E-state index in [0.717, 1.165) is 36.3 Å². The minimum Gasteiger partial charge on any atom is -0.381 e. The number of aromatic nitrogens is 2. The second-order valence-corrected chi connectivity index (χ2v) is 5.88. The molecule has 1 aliphatic carbocycles. The Morgan fingerprint density at radius 3 is 2.83 bits per heavy atom. The Morgan fingerprint density at radius 1 is 1.30 bits per heavy atom. The molecular formula is C17H22N4O2. The van der Waals surface area contributed by atoms with E-state index in [1.54, 1.807) is 11.8 Å². The molecule has 0 radical (unpaired) electrons. The standard InChI is InChI=1S/C17H22N4O2/c1-12-9-10-21(20-12)16-6-4-3-5-15(16)19-17(22)18-13-7-8-14(11-13)23-2/h3-6,9-10,13-14H,7-8,11H2,1-2H3,(H2,18,19,22)/t13-,14+/m1/s1. The molecule has 2 amide bonds. The Morgan fingerprint density at radius 2 is 2.13 bits per heavy atom. The molecule has 6 heteroatoms. The maximum atomic E-state index is 12.3. The third-order valence-electron chi connectivity index (χ3n) is 4.17. The van der Waals surface area contributed by atoms with Crippen molar-refractivity contribution >= 4 is 11.7 Å². The smallest absolute Gasteiger partial charge is 0.319 e. The number of carbonyl (C=O) groups is 1. The number of para-hydroxylation sites is 2. The summed E-state index contributed by atoms with van der Waals surface area (Å²) in [5, 5.41) is 10.3. The molecule has 0 aliphatic heterocycles. The largest absolute Gasteiger partial charge is 0.381 e. The summed E-state index contributed by atoms with van der Waals surface area (Å²) in [5.41, 5.74) is 2.51. The molecule has 1 aliphatic rings. The highest BCUT2D eigenvalue weighted by molar-refractivity contribution is 5.91. The molecule has 6 nitrogen and oxygen atoms in total. The van der Waals surface area contributed by atoms with Crippen molar-refractivity contribution < 1.29 is 9.53 Å². The van der Waals surface area contributed by atoms with Crippen molar-refractivity contribution in [2.45, 2.75) is 38.3 Å². The van der Waals surface area contributed by atoms with E-state index < -0.39 is 0 Å². The number of hydrogen-bond acceptors (Lipinski definition) is 3. The normalized spacial score (nSPS) is 20.4. The predicted molar refractivity (Wildman–Crippen MR) is 88.9 cm³/mol. The molecule has 1 aromatic carbocycles. The van der Waals surface area contributed by atoms with Gasteiger partial charge in [0.2, 0.25) is 0 Å². The van der Waals surface area contributed by atoms with Crippen LogP contribution in [0.15, 0.2) is 36.5 Å². The Labute approximate surface area is 135 Å². The molecule has 23 heavy (non-hydrogen) atoms. The Bertz CT molecular complexity index is 683. The van der Waals surface area contributed by atoms with Crippen molar-refractivity contribution in [3.8, 4) is 5.69 Å². The van der Waals surface area contributed by atoms with E-state index in [1.165, 1.54) is 0 Å². The maximum absolute atomic E-state index is 12.3. The number of nitrogens with one attached hydrogen (secondary N) is 2. The third-order valence-corrected chi connectivity index (χ3v) is 4.17. The van der Waals surface area contributed by atoms with Crippen molar-refractivity contribution in [3.05, 3.63) is 42.2 Å². The Hall–Kier alpha value is -2.34. The molecule has 1 saturated carbocycles. The predicted octanol–water partition coefficient (Wildman–Crippen LogP) is 2.87. The Balaban J connectivity index is 1.67. The number of benzene rings is 1. The average molecular weight is 314 g/mol. The van der Waals surface area contributed by atoms with Crippen LogP contribution in [-0.4, -0.2) is 35.1 Å². The van der Waals surface area contributed by atoms with Crippen LogP contribution in [0.3, 0.4) is 0 Å². The number of ether oxygens (including phenoxy) is 1. The fourth-order valence-electron chi connectivity index (χ4n) is 2.96. The van der Waals surface area contributed by atoms with Crippen molar-refractivity contribution in [1.82, 2.24) is 15.1 Å². The minimum absolute atomic E-state index is 0.166. The minimum atomic E-state index is -0.192. The molecule has 1 aromatic heterocycles. The van der Waals surface area contributed by atoms with E-state index in [0.29, 0.717) is 0 Å². The van der Waals surface area contributed by atoms with Crippen LogP contribution in [0, 0.1) is 6.92 Å². The average Bonchev–Trinajstić information content (AvgIpc) is 3.16. The van der Waals surface area contributed by atoms with Gasteiger partial charge in [0, 0.05) is 19.3 Å². The van der Waals surface area contributed by atoms with Gasteiger partial charge in [0.1, 0.15) is 0 Å². The highest BCUT2D eigenvalue weighted by Crippen LogP contribution is 2.22. The summed E-state index contributed by atoms with van der Waals surface area (Å²) >= 11 is 0. The SMILES string of the molecule is CO[C@H]1CC[C@@H](NC(=O)Nc2ccccc2-n2ccc(C)n2)C1. The van der Waals surface area contributed by atoms with Gasteiger partial charge in [-0.1, -0.05) is 12.1 Å². The summed E-state index contributed by atoms with van der Waals surface area (Å²) in [5.74, 6) is 0. The van der Waals surface area contributed by atoms with Gasteiger partial charge >= 0.3 is 6.03 Å². The summed E-state index contributed by atoms with van der Waals surface area (Å²) in [6, 6.07) is 9.53. The van der Waals surface area contributed by atoms with Gasteiger partial charge in [-0.15, -0.1) is 0 Å². The number of aryl methyl sites for hydroxylation is 1. The van der Waals surface area contributed by atoms with Crippen LogP contribution < -0.4 is 10.6 Å². The molecule has 0 spiro atoms. The maximum Gasteiger partial charge on any atom is 0.319 e. The van der Waals surface area contributed by atoms with E-state index in [-0.39, 0.29) is 18.2 Å². The number of amides is 2. The number of rotatable bonds is 4. The molecule has 0 unspecified atom stereocenters. The van der Waals surface area contributed by atoms with Crippen molar-refractivity contribution in [3.63, 3.8) is 0 Å². The molecule has 2 aromatic rings. The highest BCUT2D eigenvalue weighted by atomic mass is 16.5. The van der Waals surface area contributed by atoms with Gasteiger partial charge < -0.3 is 15.4 Å². The lowest BCUT2D eigenvalue weighted by Gasteiger charge is -2.15. The van der Waals surface area contributed by atoms with E-state index in [4.69, 9.17) is 4.74 Å². The highest BCUT2D eigenvalue weighted by Gasteiger charge is 2.25. The van der Waals surface area contributed by atoms with Gasteiger partial charge in [-0.05, 0) is 44.4 Å². The van der Waals surface area contributed by atoms with Crippen LogP contribution in [0.4, 0.5) is 10.5 Å². The van der Waals surface area contributed by atoms with E-state index in [9.17, 15) is 4.79 Å². The second-order valence-electron chi connectivity index (χ2n) is 5.88. The lowest BCUT2D eigenvalue weighted by Crippen LogP contribution is -2.37. The van der Waals surface area contributed by atoms with Crippen LogP contribution in [0.1, 0.15) is 25.0 Å². The van der Waals surface area contributed by atoms with Crippen molar-refractivity contribution in [2.75, 3.05) is 12.4 Å². The first kappa shape index (κ1) is 15.6. The lowest BCUT2D eigenvalue weighted by molar-refractivity contribution is 0.107. The zero-order valence-electron chi connectivity index (χ0n) is 13.5. The van der Waals surface area contributed by atoms with Crippen LogP contribution in [0.2, 0.25) is 0 Å². The first-order chi connectivity index (χ1) is 11.2. The molecule has 122 valence electrons. The van der Waals surface area contributed by atoms with Gasteiger partial charge in [0.25, 0.3) is 0 Å². The van der Waals surface area contributed by atoms with Gasteiger partial charge in [-0.2, -0.15) is 5.10 Å². The van der Waals surface area contributed by atoms with Crippen LogP contribution in [0.5, 0.6) is 0 Å². The van der Waals surface area contributed by atoms with Gasteiger partial charge in [0.15, 0.2) is 0 Å². The van der Waals surface area contributed by atoms with Crippen LogP contribution in [-0.2, 0) is 4.74 Å². The number of carbonyl (C=O) groups excluding carboxylic acids is 1. The van der Waals surface area contributed by atoms with E-state index in [2.05, 4.69) is 15.7 Å². The first-order valence-corrected chi connectivity index (χ1v) is 7.87. The molecule has 0 bridgehead atoms. The molecule has 3 rings (SSSR count). The third kappa shape index (κ3) is 3.71. The zero-order valence-corrected chi connectivity index (χ0v) is 13.5. The van der Waals surface area contributed by atoms with E-state index in [1.807, 2.05) is 43.5 Å². The molecule has 2 N–H and O–H groups in total. The summed E-state index contributed by atoms with van der Waals surface area (Å²) in [4.78, 5) is 12.3. The number of nitrogens with zero attached hydrogens (tertiary/aromatic N) is 2. The summed E-state index contributed by atoms with van der Waals surface area (Å²) < 4.78 is 7.10. The topological polar surface area (TPSA) is 68.2 Å². The van der Waals surface area contributed by atoms with Gasteiger partial charge in [-0.25, -0.2) is 9.48 Å². The number of hydrogen-bond donors (Lipinski definition) is 2. The Kier molecular flexibility index (Phi) is 4.62. The quantitative estimate of drug-likeness (QED) is 0.912. The van der Waals surface area contributed by atoms with Crippen LogP contribution in [0.25, 0.3) is 5.69 Å². The summed E-state index contributed by atoms with van der Waals surface area (Å²) in [6.07, 6.45) is 4.94. The molecular weight excluding hydrogens is 292 g/mol. The first-order valence-electron chi connectivity index (χ1n) is 7.87. The number of anilines is 1. The number of methoxy groups -OCH3 is 1. The second kappa shape index (κ2) is 6.83. The fraction of sp³-hybridized carbons (Fsp3) is 0.412. The van der Waals surface area contributed by atoms with Gasteiger partial charge in [-0.3, -0.25) is 0 Å². The van der Waals surface area contributed by atoms with Crippen molar-refractivity contribution in [2.24, 2.45) is 0 Å². The lowest BCUT2D eigenvalue weighted by atomic mass is 10.2. The van der Waals surface area contributed by atoms with Crippen molar-refractivity contribution in [1.29, 1.82) is 0 Å². The molecule has 1 fully saturated rings. The fourth-order valence-corrected chi connectivity index (χ4v) is 2.96. The summed E-state index contributed by atoms with van der Waals surface area (Å²) in [7, 11) is 1.72.